The molecule has 4 heterocycles. The van der Waals surface area contributed by atoms with Crippen molar-refractivity contribution in [1.29, 1.82) is 0 Å². The highest BCUT2D eigenvalue weighted by molar-refractivity contribution is 5.93. The van der Waals surface area contributed by atoms with Crippen LogP contribution in [-0.4, -0.2) is 46.4 Å². The number of rotatable bonds is 4. The number of pyridine rings is 1. The molecule has 0 atom stereocenters. The third-order valence-electron chi connectivity index (χ3n) is 4.50. The molecule has 5 aromatic rings. The van der Waals surface area contributed by atoms with E-state index in [0.717, 1.165) is 5.56 Å². The van der Waals surface area contributed by atoms with E-state index >= 15 is 0 Å². The van der Waals surface area contributed by atoms with E-state index < -0.39 is 0 Å². The molecule has 0 aliphatic rings. The average Bonchev–Trinajstić information content (AvgIpc) is 3.33. The number of benzene rings is 1. The van der Waals surface area contributed by atoms with Crippen LogP contribution in [0.2, 0.25) is 0 Å². The van der Waals surface area contributed by atoms with Gasteiger partial charge < -0.3 is 4.74 Å². The molecule has 0 aliphatic heterocycles. The quantitative estimate of drug-likeness (QED) is 0.498. The number of hydrogen-bond acceptors (Lipinski definition) is 7. The standard InChI is InChI=1S/C19H16N8O2/c1-11-20-18-21-13-8-9-26(19-22-14(10-29-2)23-24-19)17(28)15(13)16(27(18)25-11)12-6-4-3-5-7-12/h3-9H,10H2,1-2H3,(H,22,23,24). The number of hydrogen-bond donors (Lipinski definition) is 1. The van der Waals surface area contributed by atoms with E-state index in [0.29, 0.717) is 34.0 Å². The lowest BCUT2D eigenvalue weighted by Crippen LogP contribution is -2.21. The van der Waals surface area contributed by atoms with Gasteiger partial charge in [-0.05, 0) is 13.0 Å². The summed E-state index contributed by atoms with van der Waals surface area (Å²) in [5.41, 5.74) is 1.68. The molecule has 0 saturated carbocycles. The lowest BCUT2D eigenvalue weighted by Gasteiger charge is -2.09. The first kappa shape index (κ1) is 17.2. The number of nitrogens with one attached hydrogen (secondary N) is 1. The number of nitrogens with zero attached hydrogens (tertiary/aromatic N) is 7. The maximum absolute atomic E-state index is 13.5. The Hall–Kier alpha value is -3.92. The molecular formula is C19H16N8O2. The minimum Gasteiger partial charge on any atom is -0.377 e. The van der Waals surface area contributed by atoms with Crippen molar-refractivity contribution in [2.24, 2.45) is 0 Å². The van der Waals surface area contributed by atoms with E-state index in [-0.39, 0.29) is 18.1 Å². The average molecular weight is 388 g/mol. The lowest BCUT2D eigenvalue weighted by molar-refractivity contribution is 0.178. The highest BCUT2D eigenvalue weighted by Gasteiger charge is 2.19. The van der Waals surface area contributed by atoms with Crippen LogP contribution in [0.4, 0.5) is 0 Å². The van der Waals surface area contributed by atoms with Crippen LogP contribution >= 0.6 is 0 Å². The Kier molecular flexibility index (Phi) is 3.91. The fourth-order valence-corrected chi connectivity index (χ4v) is 3.30. The van der Waals surface area contributed by atoms with Crippen LogP contribution in [0.5, 0.6) is 0 Å². The highest BCUT2D eigenvalue weighted by Crippen LogP contribution is 2.26. The molecule has 144 valence electrons. The first-order chi connectivity index (χ1) is 14.2. The number of methoxy groups -OCH3 is 1. The number of aromatic amines is 1. The summed E-state index contributed by atoms with van der Waals surface area (Å²) in [4.78, 5) is 26.7. The van der Waals surface area contributed by atoms with Crippen LogP contribution in [0.15, 0.2) is 47.4 Å². The Morgan fingerprint density at radius 1 is 1.10 bits per heavy atom. The number of fused-ring (bicyclic) bond motifs is 2. The van der Waals surface area contributed by atoms with E-state index in [9.17, 15) is 4.79 Å². The fraction of sp³-hybridized carbons (Fsp3) is 0.158. The summed E-state index contributed by atoms with van der Waals surface area (Å²) in [5.74, 6) is 1.77. The summed E-state index contributed by atoms with van der Waals surface area (Å²) in [6.45, 7) is 2.06. The third-order valence-corrected chi connectivity index (χ3v) is 4.50. The number of ether oxygens (including phenoxy) is 1. The van der Waals surface area contributed by atoms with E-state index in [2.05, 4.69) is 30.2 Å². The van der Waals surface area contributed by atoms with Crippen molar-refractivity contribution < 1.29 is 4.74 Å². The Bertz CT molecular complexity index is 1400. The van der Waals surface area contributed by atoms with E-state index in [1.165, 1.54) is 4.57 Å². The molecule has 0 radical (unpaired) electrons. The summed E-state index contributed by atoms with van der Waals surface area (Å²) in [6, 6.07) is 11.3. The van der Waals surface area contributed by atoms with Crippen LogP contribution in [0.25, 0.3) is 33.9 Å². The molecule has 10 nitrogen and oxygen atoms in total. The molecular weight excluding hydrogens is 372 g/mol. The molecule has 0 unspecified atom stereocenters. The molecule has 0 aliphatic carbocycles. The van der Waals surface area contributed by atoms with Crippen molar-refractivity contribution in [2.75, 3.05) is 7.11 Å². The SMILES string of the molecule is COCc1nc(-n2ccc3nc4nc(C)nn4c(-c4ccccc4)c3c2=O)n[nH]1. The minimum absolute atomic E-state index is 0.234. The van der Waals surface area contributed by atoms with Gasteiger partial charge in [-0.2, -0.15) is 14.5 Å². The van der Waals surface area contributed by atoms with Crippen molar-refractivity contribution in [2.45, 2.75) is 13.5 Å². The van der Waals surface area contributed by atoms with Gasteiger partial charge >= 0.3 is 0 Å². The van der Waals surface area contributed by atoms with E-state index in [1.54, 1.807) is 30.8 Å². The summed E-state index contributed by atoms with van der Waals surface area (Å²) < 4.78 is 8.04. The smallest absolute Gasteiger partial charge is 0.269 e. The summed E-state index contributed by atoms with van der Waals surface area (Å²) in [7, 11) is 1.56. The Labute approximate surface area is 163 Å². The van der Waals surface area contributed by atoms with Crippen molar-refractivity contribution >= 4 is 16.7 Å². The van der Waals surface area contributed by atoms with Crippen molar-refractivity contribution in [3.05, 3.63) is 64.6 Å². The molecule has 1 N–H and O–H groups in total. The lowest BCUT2D eigenvalue weighted by atomic mass is 10.1. The molecule has 1 aromatic carbocycles. The first-order valence-corrected chi connectivity index (χ1v) is 8.90. The molecule has 0 amide bonds. The van der Waals surface area contributed by atoms with Gasteiger partial charge in [0, 0.05) is 18.9 Å². The predicted octanol–water partition coefficient (Wildman–Crippen LogP) is 1.67. The second-order valence-electron chi connectivity index (χ2n) is 6.46. The molecule has 29 heavy (non-hydrogen) atoms. The Balaban J connectivity index is 1.86. The van der Waals surface area contributed by atoms with Gasteiger partial charge in [0.2, 0.25) is 0 Å². The van der Waals surface area contributed by atoms with Crippen LogP contribution in [0, 0.1) is 6.92 Å². The maximum atomic E-state index is 13.5. The highest BCUT2D eigenvalue weighted by atomic mass is 16.5. The minimum atomic E-state index is -0.299. The Morgan fingerprint density at radius 2 is 1.93 bits per heavy atom. The zero-order valence-electron chi connectivity index (χ0n) is 15.7. The fourth-order valence-electron chi connectivity index (χ4n) is 3.30. The van der Waals surface area contributed by atoms with Crippen molar-refractivity contribution in [1.82, 2.24) is 39.3 Å². The summed E-state index contributed by atoms with van der Waals surface area (Å²) in [6.07, 6.45) is 1.60. The monoisotopic (exact) mass is 388 g/mol. The molecule has 10 heteroatoms. The van der Waals surface area contributed by atoms with Gasteiger partial charge in [-0.3, -0.25) is 9.89 Å². The molecule has 0 saturated heterocycles. The molecule has 0 fully saturated rings. The van der Waals surface area contributed by atoms with Gasteiger partial charge in [-0.1, -0.05) is 30.3 Å². The normalized spacial score (nSPS) is 11.5. The second kappa shape index (κ2) is 6.60. The van der Waals surface area contributed by atoms with Gasteiger partial charge in [0.1, 0.15) is 12.4 Å². The Morgan fingerprint density at radius 3 is 2.72 bits per heavy atom. The van der Waals surface area contributed by atoms with E-state index in [1.807, 2.05) is 30.3 Å². The molecule has 0 bridgehead atoms. The van der Waals surface area contributed by atoms with Gasteiger partial charge in [-0.25, -0.2) is 9.55 Å². The molecule has 5 rings (SSSR count). The maximum Gasteiger partial charge on any atom is 0.269 e. The molecule has 4 aromatic heterocycles. The number of aromatic nitrogens is 8. The van der Waals surface area contributed by atoms with E-state index in [4.69, 9.17) is 4.74 Å². The molecule has 0 spiro atoms. The first-order valence-electron chi connectivity index (χ1n) is 8.90. The van der Waals surface area contributed by atoms with Crippen LogP contribution in [-0.2, 0) is 11.3 Å². The van der Waals surface area contributed by atoms with Crippen LogP contribution in [0.3, 0.4) is 0 Å². The number of aryl methyl sites for hydroxylation is 1. The summed E-state index contributed by atoms with van der Waals surface area (Å²) in [5, 5.41) is 11.8. The number of H-pyrrole nitrogens is 1. The topological polar surface area (TPSA) is 116 Å². The zero-order chi connectivity index (χ0) is 20.0. The van der Waals surface area contributed by atoms with Crippen molar-refractivity contribution in [3.8, 4) is 17.2 Å². The third kappa shape index (κ3) is 2.77. The second-order valence-corrected chi connectivity index (χ2v) is 6.46. The predicted molar refractivity (Wildman–Crippen MR) is 105 cm³/mol. The van der Waals surface area contributed by atoms with Crippen LogP contribution in [0.1, 0.15) is 11.6 Å². The zero-order valence-corrected chi connectivity index (χ0v) is 15.7. The van der Waals surface area contributed by atoms with Crippen LogP contribution < -0.4 is 5.56 Å². The van der Waals surface area contributed by atoms with Gasteiger partial charge in [0.05, 0.1) is 16.6 Å². The van der Waals surface area contributed by atoms with Gasteiger partial charge in [0.25, 0.3) is 17.3 Å². The van der Waals surface area contributed by atoms with Gasteiger partial charge in [-0.15, -0.1) is 10.2 Å². The van der Waals surface area contributed by atoms with Crippen molar-refractivity contribution in [3.63, 3.8) is 0 Å². The summed E-state index contributed by atoms with van der Waals surface area (Å²) >= 11 is 0. The van der Waals surface area contributed by atoms with Gasteiger partial charge in [0.15, 0.2) is 5.82 Å². The largest absolute Gasteiger partial charge is 0.377 e.